The van der Waals surface area contributed by atoms with E-state index in [0.717, 1.165) is 43.7 Å². The van der Waals surface area contributed by atoms with Crippen LogP contribution in [0.4, 0.5) is 19.3 Å². The van der Waals surface area contributed by atoms with Crippen LogP contribution in [0.1, 0.15) is 72.3 Å². The Hall–Kier alpha value is -3.36. The summed E-state index contributed by atoms with van der Waals surface area (Å²) in [4.78, 5) is 27.0. The van der Waals surface area contributed by atoms with E-state index >= 15 is 0 Å². The van der Waals surface area contributed by atoms with E-state index in [-0.39, 0.29) is 31.2 Å². The Morgan fingerprint density at radius 2 is 1.63 bits per heavy atom. The first-order chi connectivity index (χ1) is 18.1. The predicted octanol–water partition coefficient (Wildman–Crippen LogP) is 7.09. The third-order valence-electron chi connectivity index (χ3n) is 5.81. The average molecular weight is 535 g/mol. The van der Waals surface area contributed by atoms with Gasteiger partial charge >= 0.3 is 12.0 Å². The Morgan fingerprint density at radius 1 is 0.947 bits per heavy atom. The molecule has 2 amide bonds. The molecule has 0 radical (unpaired) electrons. The number of ether oxygens (including phenoxy) is 3. The quantitative estimate of drug-likeness (QED) is 0.195. The molecule has 9 heteroatoms. The number of carbonyl (C=O) groups is 2. The first kappa shape index (κ1) is 30.9. The maximum atomic E-state index is 14.6. The summed E-state index contributed by atoms with van der Waals surface area (Å²) in [6, 6.07) is 8.30. The van der Waals surface area contributed by atoms with E-state index in [9.17, 15) is 18.4 Å². The van der Waals surface area contributed by atoms with Gasteiger partial charge in [-0.1, -0.05) is 44.7 Å². The van der Waals surface area contributed by atoms with Crippen molar-refractivity contribution in [2.45, 2.75) is 78.9 Å². The Morgan fingerprint density at radius 3 is 2.26 bits per heavy atom. The number of hydrogen-bond donors (Lipinski definition) is 1. The van der Waals surface area contributed by atoms with Crippen molar-refractivity contribution in [3.63, 3.8) is 0 Å². The van der Waals surface area contributed by atoms with Crippen molar-refractivity contribution in [1.82, 2.24) is 4.90 Å². The van der Waals surface area contributed by atoms with E-state index in [1.54, 1.807) is 56.9 Å². The number of nitrogens with one attached hydrogen (secondary N) is 1. The van der Waals surface area contributed by atoms with E-state index in [2.05, 4.69) is 12.2 Å². The molecule has 0 fully saturated rings. The number of hydrogen-bond acceptors (Lipinski definition) is 5. The molecule has 2 aromatic carbocycles. The third kappa shape index (κ3) is 9.50. The highest BCUT2D eigenvalue weighted by atomic mass is 19.1. The molecule has 0 spiro atoms. The van der Waals surface area contributed by atoms with Crippen LogP contribution in [-0.4, -0.2) is 42.3 Å². The Balaban J connectivity index is 2.17. The van der Waals surface area contributed by atoms with Gasteiger partial charge in [-0.2, -0.15) is 0 Å². The van der Waals surface area contributed by atoms with Gasteiger partial charge in [0.2, 0.25) is 0 Å². The van der Waals surface area contributed by atoms with E-state index in [1.807, 2.05) is 0 Å². The largest absolute Gasteiger partial charge is 0.491 e. The molecule has 0 atom stereocenters. The zero-order valence-corrected chi connectivity index (χ0v) is 23.1. The number of esters is 1. The van der Waals surface area contributed by atoms with E-state index in [1.165, 1.54) is 0 Å². The molecule has 0 saturated carbocycles. The maximum Gasteiger partial charge on any atom is 0.349 e. The van der Waals surface area contributed by atoms with Crippen LogP contribution in [0.25, 0.3) is 0 Å². The molecule has 0 bridgehead atoms. The van der Waals surface area contributed by atoms with Gasteiger partial charge in [0.25, 0.3) is 0 Å². The number of rotatable bonds is 15. The molecule has 0 saturated heterocycles. The minimum absolute atomic E-state index is 0.0630. The van der Waals surface area contributed by atoms with Crippen molar-refractivity contribution in [1.29, 1.82) is 0 Å². The lowest BCUT2D eigenvalue weighted by molar-refractivity contribution is -0.158. The summed E-state index contributed by atoms with van der Waals surface area (Å²) < 4.78 is 44.5. The van der Waals surface area contributed by atoms with Crippen molar-refractivity contribution in [2.75, 3.05) is 25.1 Å². The second kappa shape index (κ2) is 15.1. The van der Waals surface area contributed by atoms with Gasteiger partial charge in [-0.05, 0) is 51.8 Å². The number of halogens is 2. The lowest BCUT2D eigenvalue weighted by Gasteiger charge is -2.25. The summed E-state index contributed by atoms with van der Waals surface area (Å²) in [6.07, 6.45) is 5.04. The van der Waals surface area contributed by atoms with Crippen molar-refractivity contribution < 1.29 is 32.6 Å². The maximum absolute atomic E-state index is 14.6. The van der Waals surface area contributed by atoms with Crippen molar-refractivity contribution in [2.24, 2.45) is 0 Å². The molecule has 1 N–H and O–H groups in total. The van der Waals surface area contributed by atoms with E-state index in [0.29, 0.717) is 18.4 Å². The topological polar surface area (TPSA) is 77.1 Å². The zero-order valence-electron chi connectivity index (χ0n) is 23.1. The van der Waals surface area contributed by atoms with Gasteiger partial charge in [0.15, 0.2) is 11.4 Å². The summed E-state index contributed by atoms with van der Waals surface area (Å²) in [7, 11) is 0. The van der Waals surface area contributed by atoms with Crippen LogP contribution in [0.15, 0.2) is 36.4 Å². The number of unbranched alkanes of at least 4 members (excludes halogenated alkanes) is 4. The Bertz CT molecular complexity index is 1040. The second-order valence-corrected chi connectivity index (χ2v) is 9.44. The first-order valence-electron chi connectivity index (χ1n) is 13.2. The molecule has 0 aliphatic carbocycles. The Labute approximate surface area is 224 Å². The fourth-order valence-corrected chi connectivity index (χ4v) is 3.81. The molecule has 0 aromatic heterocycles. The number of nitrogens with zero attached hydrogens (tertiary/aromatic N) is 1. The van der Waals surface area contributed by atoms with Gasteiger partial charge in [-0.3, -0.25) is 0 Å². The van der Waals surface area contributed by atoms with Gasteiger partial charge in [0, 0.05) is 25.2 Å². The van der Waals surface area contributed by atoms with Gasteiger partial charge in [-0.15, -0.1) is 0 Å². The zero-order chi connectivity index (χ0) is 28.1. The minimum Gasteiger partial charge on any atom is -0.491 e. The van der Waals surface area contributed by atoms with Crippen molar-refractivity contribution in [3.8, 4) is 11.5 Å². The van der Waals surface area contributed by atoms with E-state index < -0.39 is 29.2 Å². The van der Waals surface area contributed by atoms with Crippen LogP contribution in [0.2, 0.25) is 0 Å². The lowest BCUT2D eigenvalue weighted by Crippen LogP contribution is -2.39. The number of carbonyl (C=O) groups excluding carboxylic acids is 2. The van der Waals surface area contributed by atoms with Gasteiger partial charge < -0.3 is 24.4 Å². The average Bonchev–Trinajstić information content (AvgIpc) is 2.86. The summed E-state index contributed by atoms with van der Waals surface area (Å²) in [6.45, 7) is 9.99. The molecular weight excluding hydrogens is 494 g/mol. The molecule has 2 rings (SSSR count). The van der Waals surface area contributed by atoms with Crippen LogP contribution in [0.5, 0.6) is 11.5 Å². The fraction of sp³-hybridized carbons (Fsp3) is 0.517. The van der Waals surface area contributed by atoms with Crippen LogP contribution < -0.4 is 14.8 Å². The fourth-order valence-electron chi connectivity index (χ4n) is 3.81. The SMILES string of the molecule is CCCCCCCN(Cc1ccc(OC(C)(C)C(=O)OCC)cc1)C(=O)Nc1c(F)cc(F)cc1OCC. The summed E-state index contributed by atoms with van der Waals surface area (Å²) in [5.74, 6) is -1.74. The Kier molecular flexibility index (Phi) is 12.3. The highest BCUT2D eigenvalue weighted by Crippen LogP contribution is 2.30. The highest BCUT2D eigenvalue weighted by molar-refractivity contribution is 5.91. The molecule has 210 valence electrons. The molecule has 38 heavy (non-hydrogen) atoms. The predicted molar refractivity (Wildman–Crippen MR) is 143 cm³/mol. The number of amides is 2. The highest BCUT2D eigenvalue weighted by Gasteiger charge is 2.31. The molecule has 0 aliphatic rings. The molecular formula is C29H40F2N2O5. The molecule has 7 nitrogen and oxygen atoms in total. The van der Waals surface area contributed by atoms with Crippen molar-refractivity contribution in [3.05, 3.63) is 53.6 Å². The summed E-state index contributed by atoms with van der Waals surface area (Å²) >= 11 is 0. The molecule has 0 unspecified atom stereocenters. The van der Waals surface area contributed by atoms with E-state index in [4.69, 9.17) is 14.2 Å². The van der Waals surface area contributed by atoms with Crippen LogP contribution in [0.3, 0.4) is 0 Å². The van der Waals surface area contributed by atoms with Crippen molar-refractivity contribution >= 4 is 17.7 Å². The smallest absolute Gasteiger partial charge is 0.349 e. The lowest BCUT2D eigenvalue weighted by atomic mass is 10.1. The molecule has 0 heterocycles. The molecule has 2 aromatic rings. The summed E-state index contributed by atoms with van der Waals surface area (Å²) in [5.41, 5.74) is -0.529. The third-order valence-corrected chi connectivity index (χ3v) is 5.81. The van der Waals surface area contributed by atoms with Gasteiger partial charge in [0.05, 0.1) is 13.2 Å². The normalized spacial score (nSPS) is 11.1. The minimum atomic E-state index is -1.15. The van der Waals surface area contributed by atoms with Crippen LogP contribution in [0, 0.1) is 11.6 Å². The number of urea groups is 1. The molecule has 0 aliphatic heterocycles. The van der Waals surface area contributed by atoms with Crippen LogP contribution in [-0.2, 0) is 16.1 Å². The standard InChI is InChI=1S/C29H40F2N2O5/c1-6-9-10-11-12-17-33(28(35)32-26-24(31)18-22(30)19-25(26)36-7-2)20-21-13-15-23(16-14-21)38-29(4,5)27(34)37-8-3/h13-16,18-19H,6-12,17,20H2,1-5H3,(H,32,35). The first-order valence-corrected chi connectivity index (χ1v) is 13.2. The number of anilines is 1. The second-order valence-electron chi connectivity index (χ2n) is 9.44. The number of benzene rings is 2. The monoisotopic (exact) mass is 534 g/mol. The van der Waals surface area contributed by atoms with Gasteiger partial charge in [0.1, 0.15) is 23.0 Å². The summed E-state index contributed by atoms with van der Waals surface area (Å²) in [5, 5.41) is 2.57. The van der Waals surface area contributed by atoms with Gasteiger partial charge in [-0.25, -0.2) is 18.4 Å². The van der Waals surface area contributed by atoms with Crippen LogP contribution >= 0.6 is 0 Å².